The first kappa shape index (κ1) is 18.0. The molecule has 8 heteroatoms. The third-order valence-electron chi connectivity index (χ3n) is 3.06. The Morgan fingerprint density at radius 3 is 2.42 bits per heavy atom. The lowest BCUT2D eigenvalue weighted by Crippen LogP contribution is -2.20. The lowest BCUT2D eigenvalue weighted by Gasteiger charge is -2.10. The van der Waals surface area contributed by atoms with Crippen LogP contribution in [0.3, 0.4) is 0 Å². The molecule has 0 saturated carbocycles. The van der Waals surface area contributed by atoms with Crippen LogP contribution in [0.25, 0.3) is 0 Å². The quantitative estimate of drug-likeness (QED) is 0.892. The Bertz CT molecular complexity index is 745. The first-order chi connectivity index (χ1) is 11.3. The summed E-state index contributed by atoms with van der Waals surface area (Å²) in [5.41, 5.74) is -0.863. The molecule has 0 heterocycles. The lowest BCUT2D eigenvalue weighted by molar-refractivity contribution is -0.137. The molecule has 0 aliphatic rings. The van der Waals surface area contributed by atoms with Crippen LogP contribution in [-0.2, 0) is 21.8 Å². The van der Waals surface area contributed by atoms with Crippen molar-refractivity contribution in [2.75, 3.05) is 18.2 Å². The molecule has 0 spiro atoms. The van der Waals surface area contributed by atoms with Crippen LogP contribution in [0.1, 0.15) is 5.56 Å². The Balaban J connectivity index is 2.01. The Morgan fingerprint density at radius 2 is 1.83 bits per heavy atom. The number of halogens is 3. The van der Waals surface area contributed by atoms with Crippen LogP contribution in [0.5, 0.6) is 5.75 Å². The molecule has 0 radical (unpaired) electrons. The van der Waals surface area contributed by atoms with Crippen LogP contribution >= 0.6 is 0 Å². The van der Waals surface area contributed by atoms with E-state index in [-0.39, 0.29) is 11.4 Å². The monoisotopic (exact) mass is 357 g/mol. The van der Waals surface area contributed by atoms with E-state index in [1.165, 1.54) is 19.2 Å². The number of anilines is 1. The van der Waals surface area contributed by atoms with Crippen LogP contribution in [0.15, 0.2) is 53.4 Å². The topological polar surface area (TPSA) is 55.4 Å². The van der Waals surface area contributed by atoms with Gasteiger partial charge in [-0.05, 0) is 42.5 Å². The zero-order chi connectivity index (χ0) is 17.7. The highest BCUT2D eigenvalue weighted by Crippen LogP contribution is 2.30. The number of rotatable bonds is 5. The molecule has 2 aromatic rings. The number of ether oxygens (including phenoxy) is 1. The van der Waals surface area contributed by atoms with Gasteiger partial charge in [0.15, 0.2) is 0 Å². The Kier molecular flexibility index (Phi) is 5.61. The van der Waals surface area contributed by atoms with E-state index in [1.807, 2.05) is 0 Å². The largest absolute Gasteiger partial charge is 0.497 e. The van der Waals surface area contributed by atoms with E-state index in [0.29, 0.717) is 10.6 Å². The number of hydrogen-bond donors (Lipinski definition) is 1. The molecule has 0 fully saturated rings. The van der Waals surface area contributed by atoms with Crippen molar-refractivity contribution in [3.63, 3.8) is 0 Å². The van der Waals surface area contributed by atoms with Gasteiger partial charge in [-0.25, -0.2) is 0 Å². The fourth-order valence-electron chi connectivity index (χ4n) is 1.90. The predicted octanol–water partition coefficient (Wildman–Crippen LogP) is 3.46. The zero-order valence-corrected chi connectivity index (χ0v) is 13.4. The van der Waals surface area contributed by atoms with Gasteiger partial charge in [0.2, 0.25) is 5.91 Å². The Labute approximate surface area is 139 Å². The van der Waals surface area contributed by atoms with Crippen LogP contribution in [-0.4, -0.2) is 23.0 Å². The Hall–Kier alpha value is -2.35. The molecule has 2 rings (SSSR count). The molecule has 128 valence electrons. The summed E-state index contributed by atoms with van der Waals surface area (Å²) < 4.78 is 55.0. The predicted molar refractivity (Wildman–Crippen MR) is 84.3 cm³/mol. The molecular weight excluding hydrogens is 343 g/mol. The van der Waals surface area contributed by atoms with Crippen molar-refractivity contribution in [2.24, 2.45) is 0 Å². The van der Waals surface area contributed by atoms with Crippen molar-refractivity contribution < 1.29 is 26.9 Å². The molecular formula is C16H14F3NO3S. The number of hydrogen-bond acceptors (Lipinski definition) is 3. The molecule has 0 saturated heterocycles. The van der Waals surface area contributed by atoms with E-state index in [4.69, 9.17) is 4.74 Å². The average Bonchev–Trinajstić information content (AvgIpc) is 2.54. The maximum absolute atomic E-state index is 12.6. The molecule has 0 bridgehead atoms. The fraction of sp³-hybridized carbons (Fsp3) is 0.188. The van der Waals surface area contributed by atoms with Gasteiger partial charge in [-0.3, -0.25) is 9.00 Å². The summed E-state index contributed by atoms with van der Waals surface area (Å²) >= 11 is 0. The van der Waals surface area contributed by atoms with Gasteiger partial charge in [-0.1, -0.05) is 6.07 Å². The first-order valence-electron chi connectivity index (χ1n) is 6.79. The number of carbonyl (C=O) groups excluding carboxylic acids is 1. The van der Waals surface area contributed by atoms with Crippen LogP contribution in [0, 0.1) is 0 Å². The second kappa shape index (κ2) is 7.48. The van der Waals surface area contributed by atoms with E-state index < -0.39 is 28.4 Å². The third-order valence-corrected chi connectivity index (χ3v) is 4.38. The second-order valence-corrected chi connectivity index (χ2v) is 6.24. The second-order valence-electron chi connectivity index (χ2n) is 4.79. The Morgan fingerprint density at radius 1 is 1.17 bits per heavy atom. The lowest BCUT2D eigenvalue weighted by atomic mass is 10.2. The van der Waals surface area contributed by atoms with Gasteiger partial charge in [0, 0.05) is 10.6 Å². The van der Waals surface area contributed by atoms with Gasteiger partial charge in [0.1, 0.15) is 11.5 Å². The summed E-state index contributed by atoms with van der Waals surface area (Å²) in [5, 5.41) is 2.32. The molecule has 2 aromatic carbocycles. The summed E-state index contributed by atoms with van der Waals surface area (Å²) in [6.45, 7) is 0. The minimum atomic E-state index is -4.49. The number of nitrogens with one attached hydrogen (secondary N) is 1. The van der Waals surface area contributed by atoms with Crippen molar-refractivity contribution in [2.45, 2.75) is 11.1 Å². The maximum Gasteiger partial charge on any atom is 0.416 e. The average molecular weight is 357 g/mol. The third kappa shape index (κ3) is 4.82. The smallest absolute Gasteiger partial charge is 0.416 e. The fourth-order valence-corrected chi connectivity index (χ4v) is 2.82. The van der Waals surface area contributed by atoms with Crippen molar-refractivity contribution >= 4 is 22.4 Å². The van der Waals surface area contributed by atoms with Crippen LogP contribution in [0.2, 0.25) is 0 Å². The van der Waals surface area contributed by atoms with Gasteiger partial charge in [-0.2, -0.15) is 13.2 Å². The summed E-state index contributed by atoms with van der Waals surface area (Å²) in [5.74, 6) is -0.407. The first-order valence-corrected chi connectivity index (χ1v) is 8.11. The van der Waals surface area contributed by atoms with Crippen molar-refractivity contribution in [3.05, 3.63) is 54.1 Å². The van der Waals surface area contributed by atoms with Gasteiger partial charge in [-0.15, -0.1) is 0 Å². The standard InChI is InChI=1S/C16H14F3NO3S/c1-23-13-5-7-14(8-6-13)24(22)10-15(21)20-12-4-2-3-11(9-12)16(17,18)19/h2-9H,10H2,1H3,(H,20,21)/t24-/m1/s1. The SMILES string of the molecule is COc1ccc([S@](=O)CC(=O)Nc2cccc(C(F)(F)F)c2)cc1. The molecule has 1 amide bonds. The minimum absolute atomic E-state index is 0.00144. The highest BCUT2D eigenvalue weighted by molar-refractivity contribution is 7.85. The molecule has 0 aliphatic heterocycles. The number of carbonyl (C=O) groups is 1. The van der Waals surface area contributed by atoms with Crippen LogP contribution < -0.4 is 10.1 Å². The van der Waals surface area contributed by atoms with Crippen molar-refractivity contribution in [1.82, 2.24) is 0 Å². The zero-order valence-electron chi connectivity index (χ0n) is 12.6. The molecule has 24 heavy (non-hydrogen) atoms. The maximum atomic E-state index is 12.6. The van der Waals surface area contributed by atoms with E-state index >= 15 is 0 Å². The summed E-state index contributed by atoms with van der Waals surface area (Å²) in [6, 6.07) is 10.6. The van der Waals surface area contributed by atoms with Gasteiger partial charge in [0.05, 0.1) is 23.5 Å². The van der Waals surface area contributed by atoms with Crippen molar-refractivity contribution in [1.29, 1.82) is 0 Å². The summed E-state index contributed by atoms with van der Waals surface area (Å²) in [7, 11) is -0.115. The number of benzene rings is 2. The van der Waals surface area contributed by atoms with E-state index in [0.717, 1.165) is 12.1 Å². The van der Waals surface area contributed by atoms with Gasteiger partial charge < -0.3 is 10.1 Å². The summed E-state index contributed by atoms with van der Waals surface area (Å²) in [6.07, 6.45) is -4.49. The minimum Gasteiger partial charge on any atom is -0.497 e. The number of methoxy groups -OCH3 is 1. The number of amides is 1. The molecule has 1 N–H and O–H groups in total. The van der Waals surface area contributed by atoms with Crippen molar-refractivity contribution in [3.8, 4) is 5.75 Å². The van der Waals surface area contributed by atoms with Crippen LogP contribution in [0.4, 0.5) is 18.9 Å². The molecule has 1 atom stereocenters. The van der Waals surface area contributed by atoms with Gasteiger partial charge in [0.25, 0.3) is 0 Å². The molecule has 0 aliphatic carbocycles. The molecule has 4 nitrogen and oxygen atoms in total. The normalized spacial score (nSPS) is 12.5. The van der Waals surface area contributed by atoms with E-state index in [1.54, 1.807) is 24.3 Å². The molecule has 0 aromatic heterocycles. The molecule has 0 unspecified atom stereocenters. The number of alkyl halides is 3. The van der Waals surface area contributed by atoms with E-state index in [2.05, 4.69) is 5.32 Å². The van der Waals surface area contributed by atoms with Gasteiger partial charge >= 0.3 is 6.18 Å². The van der Waals surface area contributed by atoms with E-state index in [9.17, 15) is 22.2 Å². The highest BCUT2D eigenvalue weighted by Gasteiger charge is 2.30. The summed E-state index contributed by atoms with van der Waals surface area (Å²) in [4.78, 5) is 12.3. The highest BCUT2D eigenvalue weighted by atomic mass is 32.2.